The topological polar surface area (TPSA) is 56.7 Å². The van der Waals surface area contributed by atoms with E-state index in [-0.39, 0.29) is 0 Å². The van der Waals surface area contributed by atoms with Gasteiger partial charge in [-0.15, -0.1) is 10.2 Å². The van der Waals surface area contributed by atoms with Gasteiger partial charge in [-0.2, -0.15) is 0 Å². The van der Waals surface area contributed by atoms with Crippen LogP contribution in [0.3, 0.4) is 0 Å². The predicted octanol–water partition coefficient (Wildman–Crippen LogP) is 1.14. The van der Waals surface area contributed by atoms with Gasteiger partial charge in [-0.3, -0.25) is 0 Å². The van der Waals surface area contributed by atoms with Crippen molar-refractivity contribution in [3.63, 3.8) is 0 Å². The van der Waals surface area contributed by atoms with Crippen molar-refractivity contribution in [3.8, 4) is 0 Å². The molecule has 16 heavy (non-hydrogen) atoms. The van der Waals surface area contributed by atoms with Crippen molar-refractivity contribution in [2.75, 3.05) is 6.54 Å². The summed E-state index contributed by atoms with van der Waals surface area (Å²) in [6.45, 7) is 3.39. The summed E-state index contributed by atoms with van der Waals surface area (Å²) in [6.07, 6.45) is 0.772. The van der Waals surface area contributed by atoms with E-state index in [9.17, 15) is 0 Å². The second-order valence-corrected chi connectivity index (χ2v) is 3.77. The fourth-order valence-corrected chi connectivity index (χ4v) is 1.71. The summed E-state index contributed by atoms with van der Waals surface area (Å²) < 4.78 is 2.11. The van der Waals surface area contributed by atoms with Crippen LogP contribution in [0, 0.1) is 6.92 Å². The molecule has 2 rings (SSSR count). The second-order valence-electron chi connectivity index (χ2n) is 3.77. The molecule has 1 aromatic carbocycles. The van der Waals surface area contributed by atoms with Crippen LogP contribution in [-0.4, -0.2) is 21.3 Å². The number of aryl methyl sites for hydroxylation is 1. The van der Waals surface area contributed by atoms with Crippen molar-refractivity contribution >= 4 is 0 Å². The largest absolute Gasteiger partial charge is 0.330 e. The van der Waals surface area contributed by atoms with Gasteiger partial charge in [0.2, 0.25) is 0 Å². The Kier molecular flexibility index (Phi) is 3.31. The lowest BCUT2D eigenvalue weighted by Crippen LogP contribution is -2.11. The summed E-state index contributed by atoms with van der Waals surface area (Å²) >= 11 is 0. The Balaban J connectivity index is 2.23. The molecule has 0 bridgehead atoms. The van der Waals surface area contributed by atoms with Gasteiger partial charge in [0.25, 0.3) is 0 Å². The average molecular weight is 216 g/mol. The Bertz CT molecular complexity index is 447. The molecule has 0 aliphatic rings. The van der Waals surface area contributed by atoms with Crippen LogP contribution in [0.15, 0.2) is 30.3 Å². The quantitative estimate of drug-likeness (QED) is 0.833. The Hall–Kier alpha value is -1.68. The molecule has 0 aliphatic heterocycles. The molecule has 0 radical (unpaired) electrons. The molecule has 0 unspecified atom stereocenters. The lowest BCUT2D eigenvalue weighted by Gasteiger charge is -2.07. The normalized spacial score (nSPS) is 10.6. The van der Waals surface area contributed by atoms with E-state index in [2.05, 4.69) is 26.9 Å². The molecule has 0 atom stereocenters. The molecular formula is C12H16N4. The number of hydrogen-bond donors (Lipinski definition) is 1. The third-order valence-corrected chi connectivity index (χ3v) is 2.56. The van der Waals surface area contributed by atoms with Crippen LogP contribution in [0.25, 0.3) is 0 Å². The van der Waals surface area contributed by atoms with Crippen LogP contribution >= 0.6 is 0 Å². The number of nitrogens with zero attached hydrogens (tertiary/aromatic N) is 3. The van der Waals surface area contributed by atoms with Gasteiger partial charge in [-0.1, -0.05) is 30.3 Å². The summed E-state index contributed by atoms with van der Waals surface area (Å²) in [7, 11) is 0. The number of benzene rings is 1. The number of aromatic nitrogens is 3. The van der Waals surface area contributed by atoms with Gasteiger partial charge < -0.3 is 10.3 Å². The van der Waals surface area contributed by atoms with E-state index in [0.717, 1.165) is 24.6 Å². The summed E-state index contributed by atoms with van der Waals surface area (Å²) in [5.41, 5.74) is 6.80. The fourth-order valence-electron chi connectivity index (χ4n) is 1.71. The molecule has 1 aromatic heterocycles. The molecule has 0 aliphatic carbocycles. The molecule has 4 nitrogen and oxygen atoms in total. The van der Waals surface area contributed by atoms with E-state index < -0.39 is 0 Å². The average Bonchev–Trinajstić information content (AvgIpc) is 2.64. The molecule has 0 saturated heterocycles. The van der Waals surface area contributed by atoms with Crippen LogP contribution in [0.4, 0.5) is 0 Å². The van der Waals surface area contributed by atoms with Gasteiger partial charge in [-0.05, 0) is 19.0 Å². The van der Waals surface area contributed by atoms with Crippen LogP contribution < -0.4 is 5.73 Å². The Morgan fingerprint density at radius 1 is 1.19 bits per heavy atom. The van der Waals surface area contributed by atoms with Crippen LogP contribution in [0.1, 0.15) is 17.2 Å². The molecule has 4 heteroatoms. The van der Waals surface area contributed by atoms with Crippen LogP contribution in [0.5, 0.6) is 0 Å². The maximum atomic E-state index is 5.55. The minimum atomic E-state index is 0.604. The number of rotatable bonds is 4. The summed E-state index contributed by atoms with van der Waals surface area (Å²) in [5.74, 6) is 1.90. The lowest BCUT2D eigenvalue weighted by molar-refractivity contribution is 0.698. The minimum absolute atomic E-state index is 0.604. The highest BCUT2D eigenvalue weighted by atomic mass is 15.3. The van der Waals surface area contributed by atoms with E-state index in [1.54, 1.807) is 0 Å². The highest BCUT2D eigenvalue weighted by Crippen LogP contribution is 2.07. The molecule has 0 saturated carbocycles. The Morgan fingerprint density at radius 3 is 2.62 bits per heavy atom. The molecule has 0 fully saturated rings. The van der Waals surface area contributed by atoms with Crippen molar-refractivity contribution in [1.82, 2.24) is 14.8 Å². The van der Waals surface area contributed by atoms with E-state index in [0.29, 0.717) is 6.54 Å². The van der Waals surface area contributed by atoms with E-state index in [1.165, 1.54) is 5.56 Å². The SMILES string of the molecule is Cc1nnc(CCN)n1Cc1ccccc1. The predicted molar refractivity (Wildman–Crippen MR) is 63.1 cm³/mol. The Labute approximate surface area is 95.1 Å². The molecule has 0 spiro atoms. The Morgan fingerprint density at radius 2 is 1.94 bits per heavy atom. The maximum Gasteiger partial charge on any atom is 0.134 e. The van der Waals surface area contributed by atoms with E-state index >= 15 is 0 Å². The first-order valence-corrected chi connectivity index (χ1v) is 5.44. The van der Waals surface area contributed by atoms with Crippen molar-refractivity contribution in [2.45, 2.75) is 19.9 Å². The standard InChI is InChI=1S/C12H16N4/c1-10-14-15-12(7-8-13)16(10)9-11-5-3-2-4-6-11/h2-6H,7-9,13H2,1H3. The summed E-state index contributed by atoms with van der Waals surface area (Å²) in [5, 5.41) is 8.22. The third-order valence-electron chi connectivity index (χ3n) is 2.56. The molecular weight excluding hydrogens is 200 g/mol. The van der Waals surface area contributed by atoms with Gasteiger partial charge in [0.1, 0.15) is 11.6 Å². The van der Waals surface area contributed by atoms with Gasteiger partial charge in [0.05, 0.1) is 6.54 Å². The molecule has 84 valence electrons. The minimum Gasteiger partial charge on any atom is -0.330 e. The van der Waals surface area contributed by atoms with E-state index in [1.807, 2.05) is 25.1 Å². The fraction of sp³-hybridized carbons (Fsp3) is 0.333. The van der Waals surface area contributed by atoms with Gasteiger partial charge in [0, 0.05) is 6.42 Å². The van der Waals surface area contributed by atoms with Crippen molar-refractivity contribution in [3.05, 3.63) is 47.5 Å². The molecule has 2 aromatic rings. The van der Waals surface area contributed by atoms with Crippen LogP contribution in [-0.2, 0) is 13.0 Å². The van der Waals surface area contributed by atoms with Gasteiger partial charge >= 0.3 is 0 Å². The zero-order valence-electron chi connectivity index (χ0n) is 9.43. The monoisotopic (exact) mass is 216 g/mol. The van der Waals surface area contributed by atoms with E-state index in [4.69, 9.17) is 5.73 Å². The van der Waals surface area contributed by atoms with Crippen molar-refractivity contribution in [1.29, 1.82) is 0 Å². The first-order valence-electron chi connectivity index (χ1n) is 5.44. The highest BCUT2D eigenvalue weighted by molar-refractivity contribution is 5.16. The van der Waals surface area contributed by atoms with Gasteiger partial charge in [0.15, 0.2) is 0 Å². The van der Waals surface area contributed by atoms with Crippen molar-refractivity contribution < 1.29 is 0 Å². The lowest BCUT2D eigenvalue weighted by atomic mass is 10.2. The highest BCUT2D eigenvalue weighted by Gasteiger charge is 2.07. The summed E-state index contributed by atoms with van der Waals surface area (Å²) in [6, 6.07) is 10.3. The van der Waals surface area contributed by atoms with Crippen LogP contribution in [0.2, 0.25) is 0 Å². The van der Waals surface area contributed by atoms with Crippen molar-refractivity contribution in [2.24, 2.45) is 5.73 Å². The second kappa shape index (κ2) is 4.90. The first kappa shape index (κ1) is 10.8. The molecule has 2 N–H and O–H groups in total. The number of hydrogen-bond acceptors (Lipinski definition) is 3. The number of nitrogens with two attached hydrogens (primary N) is 1. The summed E-state index contributed by atoms with van der Waals surface area (Å²) in [4.78, 5) is 0. The third kappa shape index (κ3) is 2.28. The zero-order valence-corrected chi connectivity index (χ0v) is 9.43. The first-order chi connectivity index (χ1) is 7.81. The van der Waals surface area contributed by atoms with Gasteiger partial charge in [-0.25, -0.2) is 0 Å². The zero-order chi connectivity index (χ0) is 11.4. The smallest absolute Gasteiger partial charge is 0.134 e. The molecule has 0 amide bonds. The maximum absolute atomic E-state index is 5.55. The molecule has 1 heterocycles.